The summed E-state index contributed by atoms with van der Waals surface area (Å²) in [5, 5.41) is 3.21. The second kappa shape index (κ2) is 7.45. The maximum atomic E-state index is 11.4. The number of aliphatic imine (C=N–C) groups is 1. The number of nitrogens with zero attached hydrogens (tertiary/aromatic N) is 2. The molecule has 2 heterocycles. The van der Waals surface area contributed by atoms with Crippen molar-refractivity contribution in [1.29, 1.82) is 0 Å². The number of likely N-dealkylation sites (N-methyl/N-ethyl adjacent to an activating group) is 1. The Labute approximate surface area is 128 Å². The predicted molar refractivity (Wildman–Crippen MR) is 86.1 cm³/mol. The Kier molecular flexibility index (Phi) is 5.87. The lowest BCUT2D eigenvalue weighted by molar-refractivity contribution is 0.267. The lowest BCUT2D eigenvalue weighted by atomic mass is 10.0. The van der Waals surface area contributed by atoms with Crippen molar-refractivity contribution in [2.75, 3.05) is 37.7 Å². The van der Waals surface area contributed by atoms with Gasteiger partial charge in [-0.05, 0) is 44.7 Å². The molecule has 2 rings (SSSR count). The Balaban J connectivity index is 1.69. The van der Waals surface area contributed by atoms with Gasteiger partial charge < -0.3 is 11.1 Å². The predicted octanol–water partition coefficient (Wildman–Crippen LogP) is 0.200. The zero-order valence-electron chi connectivity index (χ0n) is 12.9. The second-order valence-corrected chi connectivity index (χ2v) is 8.43. The van der Waals surface area contributed by atoms with Crippen LogP contribution in [0.1, 0.15) is 32.6 Å². The van der Waals surface area contributed by atoms with Gasteiger partial charge in [0, 0.05) is 19.1 Å². The Morgan fingerprint density at radius 3 is 2.71 bits per heavy atom. The van der Waals surface area contributed by atoms with Crippen LogP contribution >= 0.6 is 0 Å². The third-order valence-electron chi connectivity index (χ3n) is 4.62. The maximum absolute atomic E-state index is 11.4. The number of hydrogen-bond donors (Lipinski definition) is 2. The van der Waals surface area contributed by atoms with Crippen molar-refractivity contribution in [2.45, 2.75) is 38.6 Å². The fourth-order valence-electron chi connectivity index (χ4n) is 3.17. The molecule has 1 atom stereocenters. The van der Waals surface area contributed by atoms with Crippen LogP contribution < -0.4 is 11.1 Å². The highest BCUT2D eigenvalue weighted by Gasteiger charge is 2.24. The number of nitrogens with one attached hydrogen (secondary N) is 1. The summed E-state index contributed by atoms with van der Waals surface area (Å²) < 4.78 is 22.7. The molecule has 2 aliphatic heterocycles. The molecule has 1 unspecified atom stereocenters. The minimum Gasteiger partial charge on any atom is -0.370 e. The van der Waals surface area contributed by atoms with Crippen LogP contribution in [0.2, 0.25) is 0 Å². The highest BCUT2D eigenvalue weighted by molar-refractivity contribution is 7.91. The SMILES string of the molecule is CCN1CCCC1CNC(N)=NCC1CCS(=O)(=O)CC1. The van der Waals surface area contributed by atoms with Crippen LogP contribution in [0.5, 0.6) is 0 Å². The molecule has 122 valence electrons. The fourth-order valence-corrected chi connectivity index (χ4v) is 4.76. The van der Waals surface area contributed by atoms with E-state index in [9.17, 15) is 8.42 Å². The summed E-state index contributed by atoms with van der Waals surface area (Å²) in [5.74, 6) is 1.45. The summed E-state index contributed by atoms with van der Waals surface area (Å²) >= 11 is 0. The summed E-state index contributed by atoms with van der Waals surface area (Å²) in [6.45, 7) is 5.93. The van der Waals surface area contributed by atoms with Gasteiger partial charge in [0.15, 0.2) is 5.96 Å². The minimum atomic E-state index is -2.79. The topological polar surface area (TPSA) is 87.8 Å². The van der Waals surface area contributed by atoms with Gasteiger partial charge >= 0.3 is 0 Å². The smallest absolute Gasteiger partial charge is 0.188 e. The highest BCUT2D eigenvalue weighted by atomic mass is 32.2. The number of hydrogen-bond acceptors (Lipinski definition) is 4. The Bertz CT molecular complexity index is 450. The second-order valence-electron chi connectivity index (χ2n) is 6.13. The van der Waals surface area contributed by atoms with Crippen LogP contribution in [0.25, 0.3) is 0 Å². The van der Waals surface area contributed by atoms with Crippen LogP contribution in [0.3, 0.4) is 0 Å². The lowest BCUT2D eigenvalue weighted by Gasteiger charge is -2.23. The van der Waals surface area contributed by atoms with E-state index in [-0.39, 0.29) is 0 Å². The lowest BCUT2D eigenvalue weighted by Crippen LogP contribution is -2.43. The molecule has 3 N–H and O–H groups in total. The molecule has 2 fully saturated rings. The molecule has 0 amide bonds. The normalized spacial score (nSPS) is 27.9. The molecular weight excluding hydrogens is 288 g/mol. The third kappa shape index (κ3) is 5.14. The average molecular weight is 316 g/mol. The van der Waals surface area contributed by atoms with Gasteiger partial charge in [0.05, 0.1) is 11.5 Å². The van der Waals surface area contributed by atoms with Gasteiger partial charge in [0.25, 0.3) is 0 Å². The minimum absolute atomic E-state index is 0.300. The molecule has 2 saturated heterocycles. The molecule has 0 saturated carbocycles. The quantitative estimate of drug-likeness (QED) is 0.559. The maximum Gasteiger partial charge on any atom is 0.188 e. The standard InChI is InChI=1S/C14H28N4O2S/c1-2-18-7-3-4-13(18)11-17-14(15)16-10-12-5-8-21(19,20)9-6-12/h12-13H,2-11H2,1H3,(H3,15,16,17). The molecule has 0 radical (unpaired) electrons. The molecule has 7 heteroatoms. The van der Waals surface area contributed by atoms with Gasteiger partial charge in [-0.15, -0.1) is 0 Å². The molecule has 0 bridgehead atoms. The third-order valence-corrected chi connectivity index (χ3v) is 6.33. The van der Waals surface area contributed by atoms with Crippen LogP contribution in [-0.4, -0.2) is 63.0 Å². The molecule has 0 spiro atoms. The van der Waals surface area contributed by atoms with E-state index in [2.05, 4.69) is 22.1 Å². The van der Waals surface area contributed by atoms with Crippen molar-refractivity contribution in [1.82, 2.24) is 10.2 Å². The largest absolute Gasteiger partial charge is 0.370 e. The molecule has 0 aromatic carbocycles. The first kappa shape index (κ1) is 16.5. The molecular formula is C14H28N4O2S. The van der Waals surface area contributed by atoms with Gasteiger partial charge in [0.2, 0.25) is 0 Å². The number of sulfone groups is 1. The van der Waals surface area contributed by atoms with Crippen LogP contribution in [0.15, 0.2) is 4.99 Å². The van der Waals surface area contributed by atoms with E-state index in [0.29, 0.717) is 48.8 Å². The number of likely N-dealkylation sites (tertiary alicyclic amines) is 1. The fraction of sp³-hybridized carbons (Fsp3) is 0.929. The molecule has 0 aromatic heterocycles. The Morgan fingerprint density at radius 1 is 1.33 bits per heavy atom. The van der Waals surface area contributed by atoms with E-state index in [1.54, 1.807) is 0 Å². The summed E-state index contributed by atoms with van der Waals surface area (Å²) in [4.78, 5) is 6.84. The first-order valence-corrected chi connectivity index (χ1v) is 9.80. The molecule has 6 nitrogen and oxygen atoms in total. The first-order chi connectivity index (χ1) is 10.00. The van der Waals surface area contributed by atoms with Crippen LogP contribution in [0, 0.1) is 5.92 Å². The van der Waals surface area contributed by atoms with Crippen molar-refractivity contribution < 1.29 is 8.42 Å². The van der Waals surface area contributed by atoms with Crippen molar-refractivity contribution in [3.63, 3.8) is 0 Å². The van der Waals surface area contributed by atoms with Gasteiger partial charge in [0.1, 0.15) is 9.84 Å². The molecule has 2 aliphatic rings. The Morgan fingerprint density at radius 2 is 2.05 bits per heavy atom. The number of nitrogens with two attached hydrogens (primary N) is 1. The average Bonchev–Trinajstić information content (AvgIpc) is 2.91. The summed E-state index contributed by atoms with van der Waals surface area (Å²) in [6, 6.07) is 0.559. The van der Waals surface area contributed by atoms with Gasteiger partial charge in [-0.1, -0.05) is 6.92 Å². The van der Waals surface area contributed by atoms with E-state index in [4.69, 9.17) is 5.73 Å². The van der Waals surface area contributed by atoms with Crippen molar-refractivity contribution in [3.05, 3.63) is 0 Å². The van der Waals surface area contributed by atoms with E-state index >= 15 is 0 Å². The van der Waals surface area contributed by atoms with Crippen molar-refractivity contribution in [2.24, 2.45) is 16.6 Å². The zero-order valence-corrected chi connectivity index (χ0v) is 13.7. The Hall–Kier alpha value is -0.820. The zero-order chi connectivity index (χ0) is 15.3. The van der Waals surface area contributed by atoms with Gasteiger partial charge in [-0.2, -0.15) is 0 Å². The van der Waals surface area contributed by atoms with E-state index in [1.165, 1.54) is 19.4 Å². The van der Waals surface area contributed by atoms with Gasteiger partial charge in [-0.3, -0.25) is 9.89 Å². The highest BCUT2D eigenvalue weighted by Crippen LogP contribution is 2.19. The van der Waals surface area contributed by atoms with Crippen LogP contribution in [-0.2, 0) is 9.84 Å². The number of guanidine groups is 1. The van der Waals surface area contributed by atoms with E-state index < -0.39 is 9.84 Å². The van der Waals surface area contributed by atoms with Crippen LogP contribution in [0.4, 0.5) is 0 Å². The summed E-state index contributed by atoms with van der Waals surface area (Å²) in [5.41, 5.74) is 5.91. The summed E-state index contributed by atoms with van der Waals surface area (Å²) in [6.07, 6.45) is 3.90. The van der Waals surface area contributed by atoms with Crippen molar-refractivity contribution in [3.8, 4) is 0 Å². The first-order valence-electron chi connectivity index (χ1n) is 7.98. The van der Waals surface area contributed by atoms with Gasteiger partial charge in [-0.25, -0.2) is 8.42 Å². The van der Waals surface area contributed by atoms with E-state index in [0.717, 1.165) is 13.1 Å². The number of rotatable bonds is 5. The summed E-state index contributed by atoms with van der Waals surface area (Å²) in [7, 11) is -2.79. The molecule has 0 aliphatic carbocycles. The van der Waals surface area contributed by atoms with Crippen molar-refractivity contribution >= 4 is 15.8 Å². The molecule has 0 aromatic rings. The molecule has 21 heavy (non-hydrogen) atoms. The monoisotopic (exact) mass is 316 g/mol. The van der Waals surface area contributed by atoms with E-state index in [1.807, 2.05) is 0 Å².